The molecule has 0 aromatic heterocycles. The lowest BCUT2D eigenvalue weighted by molar-refractivity contribution is 0.249. The van der Waals surface area contributed by atoms with Crippen LogP contribution in [0, 0.1) is 0 Å². The van der Waals surface area contributed by atoms with Crippen molar-refractivity contribution in [1.82, 2.24) is 9.80 Å². The normalized spacial score (nSPS) is 15.6. The maximum Gasteiger partial charge on any atom is 0.142 e. The first kappa shape index (κ1) is 23.0. The van der Waals surface area contributed by atoms with Gasteiger partial charge in [-0.25, -0.2) is 0 Å². The van der Waals surface area contributed by atoms with Crippen molar-refractivity contribution in [2.24, 2.45) is 0 Å². The van der Waals surface area contributed by atoms with Gasteiger partial charge in [-0.15, -0.1) is 0 Å². The van der Waals surface area contributed by atoms with Crippen molar-refractivity contribution in [2.75, 3.05) is 44.6 Å². The fraction of sp³-hybridized carbons (Fsp3) is 0.407. The Morgan fingerprint density at radius 2 is 1.72 bits per heavy atom. The van der Waals surface area contributed by atoms with Crippen LogP contribution in [-0.2, 0) is 6.54 Å². The largest absolute Gasteiger partial charge is 0.495 e. The lowest BCUT2D eigenvalue weighted by atomic mass is 10.1. The molecule has 0 spiro atoms. The van der Waals surface area contributed by atoms with Gasteiger partial charge in [-0.2, -0.15) is 0 Å². The summed E-state index contributed by atoms with van der Waals surface area (Å²) in [5.74, 6) is 0.878. The molecule has 4 nitrogen and oxygen atoms in total. The van der Waals surface area contributed by atoms with Crippen LogP contribution in [0.3, 0.4) is 0 Å². The lowest BCUT2D eigenvalue weighted by Gasteiger charge is -2.22. The number of anilines is 1. The Labute approximate surface area is 197 Å². The zero-order valence-electron chi connectivity index (χ0n) is 19.3. The minimum Gasteiger partial charge on any atom is -0.495 e. The number of nitrogens with one attached hydrogen (secondary N) is 1. The average Bonchev–Trinajstić information content (AvgIpc) is 3.06. The topological polar surface area (TPSA) is 27.7 Å². The maximum absolute atomic E-state index is 5.62. The molecule has 0 bridgehead atoms. The van der Waals surface area contributed by atoms with Crippen LogP contribution in [0.2, 0.25) is 0 Å². The number of rotatable bonds is 9. The predicted octanol–water partition coefficient (Wildman–Crippen LogP) is 6.28. The van der Waals surface area contributed by atoms with E-state index in [2.05, 4.69) is 82.1 Å². The second-order valence-corrected chi connectivity index (χ2v) is 9.45. The van der Waals surface area contributed by atoms with Crippen molar-refractivity contribution in [3.8, 4) is 5.75 Å². The van der Waals surface area contributed by atoms with Gasteiger partial charge >= 0.3 is 0 Å². The first-order valence-electron chi connectivity index (χ1n) is 11.8. The molecule has 0 radical (unpaired) electrons. The van der Waals surface area contributed by atoms with Crippen molar-refractivity contribution in [3.63, 3.8) is 0 Å². The lowest BCUT2D eigenvalue weighted by Crippen LogP contribution is -2.31. The number of unbranched alkanes of at least 4 members (excludes halogenated alkanes) is 1. The Bertz CT molecular complexity index is 1010. The minimum atomic E-state index is 0.878. The van der Waals surface area contributed by atoms with Gasteiger partial charge in [0.25, 0.3) is 0 Å². The van der Waals surface area contributed by atoms with Gasteiger partial charge in [-0.1, -0.05) is 49.7 Å². The fourth-order valence-electron chi connectivity index (χ4n) is 4.32. The van der Waals surface area contributed by atoms with Gasteiger partial charge in [0.2, 0.25) is 0 Å². The van der Waals surface area contributed by atoms with Gasteiger partial charge in [0.15, 0.2) is 0 Å². The Kier molecular flexibility index (Phi) is 8.32. The summed E-state index contributed by atoms with van der Waals surface area (Å²) in [4.78, 5) is 6.41. The summed E-state index contributed by atoms with van der Waals surface area (Å²) in [5.41, 5.74) is 2.36. The summed E-state index contributed by atoms with van der Waals surface area (Å²) >= 11 is 1.63. The van der Waals surface area contributed by atoms with E-state index in [1.165, 1.54) is 66.7 Å². The minimum absolute atomic E-state index is 0.878. The molecule has 1 fully saturated rings. The molecular weight excluding hydrogens is 414 g/mol. The highest BCUT2D eigenvalue weighted by atomic mass is 32.2. The van der Waals surface area contributed by atoms with Gasteiger partial charge < -0.3 is 14.4 Å². The highest BCUT2D eigenvalue weighted by Crippen LogP contribution is 2.32. The number of methoxy groups -OCH3 is 1. The van der Waals surface area contributed by atoms with E-state index in [9.17, 15) is 0 Å². The number of hydrogen-bond donors (Lipinski definition) is 1. The zero-order chi connectivity index (χ0) is 22.2. The Morgan fingerprint density at radius 3 is 2.56 bits per heavy atom. The van der Waals surface area contributed by atoms with Gasteiger partial charge in [-0.05, 0) is 85.0 Å². The van der Waals surface area contributed by atoms with Crippen LogP contribution in [0.5, 0.6) is 5.75 Å². The van der Waals surface area contributed by atoms with Crippen LogP contribution in [0.25, 0.3) is 10.8 Å². The molecule has 170 valence electrons. The first-order valence-corrected chi connectivity index (χ1v) is 12.6. The Hall–Kier alpha value is -2.21. The van der Waals surface area contributed by atoms with E-state index >= 15 is 0 Å². The molecule has 3 aromatic carbocycles. The van der Waals surface area contributed by atoms with E-state index in [-0.39, 0.29) is 0 Å². The first-order chi connectivity index (χ1) is 15.7. The summed E-state index contributed by atoms with van der Waals surface area (Å²) in [5, 5.41) is 2.52. The summed E-state index contributed by atoms with van der Waals surface area (Å²) < 4.78 is 9.15. The molecule has 4 rings (SSSR count). The van der Waals surface area contributed by atoms with Crippen molar-refractivity contribution in [3.05, 3.63) is 66.2 Å². The van der Waals surface area contributed by atoms with E-state index in [1.807, 2.05) is 0 Å². The van der Waals surface area contributed by atoms with Gasteiger partial charge in [0.1, 0.15) is 5.75 Å². The molecule has 5 heteroatoms. The van der Waals surface area contributed by atoms with Crippen molar-refractivity contribution in [1.29, 1.82) is 0 Å². The Balaban J connectivity index is 1.39. The van der Waals surface area contributed by atoms with Crippen LogP contribution in [0.1, 0.15) is 31.7 Å². The van der Waals surface area contributed by atoms with Crippen molar-refractivity contribution in [2.45, 2.75) is 37.6 Å². The molecule has 1 aliphatic heterocycles. The molecule has 0 amide bonds. The number of benzene rings is 3. The molecule has 1 aliphatic rings. The molecular formula is C27H35N3OS. The van der Waals surface area contributed by atoms with Gasteiger partial charge in [0.05, 0.1) is 12.8 Å². The summed E-state index contributed by atoms with van der Waals surface area (Å²) in [6.07, 6.45) is 3.84. The molecule has 1 N–H and O–H groups in total. The van der Waals surface area contributed by atoms with Crippen LogP contribution in [0.4, 0.5) is 5.69 Å². The number of ether oxygens (including phenoxy) is 1. The summed E-state index contributed by atoms with van der Waals surface area (Å²) in [6.45, 7) is 9.23. The van der Waals surface area contributed by atoms with Crippen molar-refractivity contribution < 1.29 is 4.74 Å². The molecule has 0 aliphatic carbocycles. The van der Waals surface area contributed by atoms with Crippen LogP contribution < -0.4 is 9.46 Å². The molecule has 0 saturated carbocycles. The van der Waals surface area contributed by atoms with E-state index in [1.54, 1.807) is 19.1 Å². The Morgan fingerprint density at radius 1 is 0.906 bits per heavy atom. The quantitative estimate of drug-likeness (QED) is 0.388. The van der Waals surface area contributed by atoms with Gasteiger partial charge in [-0.3, -0.25) is 4.90 Å². The van der Waals surface area contributed by atoms with Crippen molar-refractivity contribution >= 4 is 28.4 Å². The van der Waals surface area contributed by atoms with Crippen LogP contribution in [0.15, 0.2) is 65.6 Å². The summed E-state index contributed by atoms with van der Waals surface area (Å²) in [6, 6.07) is 21.6. The molecule has 1 saturated heterocycles. The predicted molar refractivity (Wildman–Crippen MR) is 138 cm³/mol. The summed E-state index contributed by atoms with van der Waals surface area (Å²) in [7, 11) is 1.74. The molecule has 0 atom stereocenters. The second-order valence-electron chi connectivity index (χ2n) is 8.57. The van der Waals surface area contributed by atoms with E-state index in [0.717, 1.165) is 24.5 Å². The maximum atomic E-state index is 5.62. The van der Waals surface area contributed by atoms with E-state index < -0.39 is 0 Å². The second kappa shape index (κ2) is 11.6. The third-order valence-corrected chi connectivity index (χ3v) is 6.99. The highest BCUT2D eigenvalue weighted by Gasteiger charge is 2.15. The zero-order valence-corrected chi connectivity index (χ0v) is 20.2. The van der Waals surface area contributed by atoms with E-state index in [0.29, 0.717) is 0 Å². The third kappa shape index (κ3) is 6.18. The fourth-order valence-corrected chi connectivity index (χ4v) is 5.03. The monoisotopic (exact) mass is 449 g/mol. The molecule has 0 unspecified atom stereocenters. The SMILES string of the molecule is CCCCN1CCCN(Cc2ccc(OC)c(NSc3ccc4ccccc4c3)c2)CC1. The van der Waals surface area contributed by atoms with Crippen LogP contribution in [-0.4, -0.2) is 49.6 Å². The molecule has 32 heavy (non-hydrogen) atoms. The number of fused-ring (bicyclic) bond motifs is 1. The van der Waals surface area contributed by atoms with E-state index in [4.69, 9.17) is 4.74 Å². The third-order valence-electron chi connectivity index (χ3n) is 6.18. The average molecular weight is 450 g/mol. The number of nitrogens with zero attached hydrogens (tertiary/aromatic N) is 2. The number of hydrogen-bond acceptors (Lipinski definition) is 5. The molecule has 1 heterocycles. The standard InChI is InChI=1S/C27H35N3OS/c1-3-4-14-29-15-7-16-30(18-17-29)21-22-10-13-27(31-2)26(19-22)28-32-25-12-11-23-8-5-6-9-24(23)20-25/h5-6,8-13,19-20,28H,3-4,7,14-18,21H2,1-2H3. The molecule has 3 aromatic rings. The van der Waals surface area contributed by atoms with Crippen LogP contribution >= 0.6 is 11.9 Å². The highest BCUT2D eigenvalue weighted by molar-refractivity contribution is 8.00. The van der Waals surface area contributed by atoms with Gasteiger partial charge in [0, 0.05) is 24.5 Å². The smallest absolute Gasteiger partial charge is 0.142 e.